The van der Waals surface area contributed by atoms with Crippen molar-refractivity contribution in [2.45, 2.75) is 38.3 Å². The first-order valence-electron chi connectivity index (χ1n) is 8.13. The van der Waals surface area contributed by atoms with Crippen LogP contribution in [0.1, 0.15) is 36.5 Å². The van der Waals surface area contributed by atoms with Gasteiger partial charge in [0.25, 0.3) is 0 Å². The molecule has 0 unspecified atom stereocenters. The zero-order valence-electron chi connectivity index (χ0n) is 14.0. The molecule has 0 radical (unpaired) electrons. The van der Waals surface area contributed by atoms with Gasteiger partial charge in [-0.25, -0.2) is 4.79 Å². The van der Waals surface area contributed by atoms with Crippen molar-refractivity contribution in [1.82, 2.24) is 16.0 Å². The molecule has 2 atom stereocenters. The molecule has 0 bridgehead atoms. The molecular weight excluding hydrogens is 294 g/mol. The third-order valence-corrected chi connectivity index (χ3v) is 3.77. The van der Waals surface area contributed by atoms with Crippen LogP contribution >= 0.6 is 0 Å². The Morgan fingerprint density at radius 2 is 1.78 bits per heavy atom. The van der Waals surface area contributed by atoms with E-state index in [1.54, 1.807) is 7.05 Å². The Labute approximate surface area is 138 Å². The van der Waals surface area contributed by atoms with Crippen LogP contribution in [-0.4, -0.2) is 49.0 Å². The highest BCUT2D eigenvalue weighted by Crippen LogP contribution is 2.17. The van der Waals surface area contributed by atoms with Gasteiger partial charge in [-0.05, 0) is 31.9 Å². The fourth-order valence-electron chi connectivity index (χ4n) is 2.28. The van der Waals surface area contributed by atoms with Crippen molar-refractivity contribution in [3.05, 3.63) is 35.4 Å². The summed E-state index contributed by atoms with van der Waals surface area (Å²) in [5.41, 5.74) is 1.94. The van der Waals surface area contributed by atoms with Crippen molar-refractivity contribution < 1.29 is 15.0 Å². The van der Waals surface area contributed by atoms with Crippen LogP contribution in [0.5, 0.6) is 0 Å². The molecule has 23 heavy (non-hydrogen) atoms. The summed E-state index contributed by atoms with van der Waals surface area (Å²) in [4.78, 5) is 11.0. The van der Waals surface area contributed by atoms with Crippen molar-refractivity contribution in [3.8, 4) is 0 Å². The molecule has 1 aromatic rings. The molecule has 6 heteroatoms. The van der Waals surface area contributed by atoms with E-state index in [-0.39, 0.29) is 18.7 Å². The molecule has 5 N–H and O–H groups in total. The van der Waals surface area contributed by atoms with E-state index < -0.39 is 6.10 Å². The van der Waals surface area contributed by atoms with Gasteiger partial charge in [-0.2, -0.15) is 0 Å². The summed E-state index contributed by atoms with van der Waals surface area (Å²) >= 11 is 0. The van der Waals surface area contributed by atoms with E-state index >= 15 is 0 Å². The van der Waals surface area contributed by atoms with Gasteiger partial charge in [0.1, 0.15) is 0 Å². The van der Waals surface area contributed by atoms with Gasteiger partial charge in [-0.15, -0.1) is 0 Å². The number of nitrogens with one attached hydrogen (secondary N) is 3. The Morgan fingerprint density at radius 1 is 1.13 bits per heavy atom. The Morgan fingerprint density at radius 3 is 2.39 bits per heavy atom. The number of rotatable bonds is 10. The minimum atomic E-state index is -0.726. The summed E-state index contributed by atoms with van der Waals surface area (Å²) in [6.45, 7) is 3.24. The van der Waals surface area contributed by atoms with Gasteiger partial charge in [0.15, 0.2) is 0 Å². The van der Waals surface area contributed by atoms with Gasteiger partial charge in [-0.3, -0.25) is 0 Å². The number of carbonyl (C=O) groups excluding carboxylic acids is 1. The summed E-state index contributed by atoms with van der Waals surface area (Å²) < 4.78 is 0. The second-order valence-corrected chi connectivity index (χ2v) is 5.67. The van der Waals surface area contributed by atoms with Crippen LogP contribution in [-0.2, 0) is 0 Å². The minimum Gasteiger partial charge on any atom is -0.395 e. The second-order valence-electron chi connectivity index (χ2n) is 5.67. The van der Waals surface area contributed by atoms with E-state index in [1.807, 2.05) is 31.2 Å². The molecule has 2 amide bonds. The Kier molecular flexibility index (Phi) is 9.28. The van der Waals surface area contributed by atoms with Crippen LogP contribution in [0.25, 0.3) is 0 Å². The first kappa shape index (κ1) is 19.4. The molecule has 0 aliphatic rings. The number of urea groups is 1. The molecule has 0 aliphatic carbocycles. The zero-order valence-corrected chi connectivity index (χ0v) is 14.0. The van der Waals surface area contributed by atoms with Crippen LogP contribution in [0, 0.1) is 6.92 Å². The van der Waals surface area contributed by atoms with E-state index in [4.69, 9.17) is 0 Å². The maximum absolute atomic E-state index is 11.0. The quantitative estimate of drug-likeness (QED) is 0.417. The molecule has 0 saturated carbocycles. The predicted molar refractivity (Wildman–Crippen MR) is 91.3 cm³/mol. The van der Waals surface area contributed by atoms with Crippen LogP contribution in [0.15, 0.2) is 24.3 Å². The molecule has 0 aliphatic heterocycles. The molecule has 130 valence electrons. The van der Waals surface area contributed by atoms with Gasteiger partial charge in [0.2, 0.25) is 0 Å². The van der Waals surface area contributed by atoms with Crippen molar-refractivity contribution in [1.29, 1.82) is 0 Å². The highest BCUT2D eigenvalue weighted by atomic mass is 16.3. The van der Waals surface area contributed by atoms with Crippen LogP contribution < -0.4 is 16.0 Å². The number of carbonyl (C=O) groups is 1. The fraction of sp³-hybridized carbons (Fsp3) is 0.588. The Balaban J connectivity index is 2.23. The second kappa shape index (κ2) is 11.0. The van der Waals surface area contributed by atoms with Gasteiger partial charge in [-0.1, -0.05) is 36.2 Å². The lowest BCUT2D eigenvalue weighted by atomic mass is 10.0. The summed E-state index contributed by atoms with van der Waals surface area (Å²) in [7, 11) is 1.59. The predicted octanol–water partition coefficient (Wildman–Crippen LogP) is 1.08. The third-order valence-electron chi connectivity index (χ3n) is 3.77. The molecule has 1 rings (SSSR count). The first-order valence-corrected chi connectivity index (χ1v) is 8.13. The van der Waals surface area contributed by atoms with E-state index in [9.17, 15) is 15.0 Å². The molecule has 0 heterocycles. The number of aryl methyl sites for hydroxylation is 1. The van der Waals surface area contributed by atoms with Crippen molar-refractivity contribution in [2.24, 2.45) is 0 Å². The molecular formula is C17H29N3O3. The topological polar surface area (TPSA) is 93.6 Å². The summed E-state index contributed by atoms with van der Waals surface area (Å²) in [5.74, 6) is 0. The fourth-order valence-corrected chi connectivity index (χ4v) is 2.28. The maximum Gasteiger partial charge on any atom is 0.314 e. The number of benzene rings is 1. The average molecular weight is 323 g/mol. The van der Waals surface area contributed by atoms with Crippen molar-refractivity contribution in [2.75, 3.05) is 26.7 Å². The normalized spacial score (nSPS) is 13.4. The largest absolute Gasteiger partial charge is 0.395 e. The van der Waals surface area contributed by atoms with E-state index in [1.165, 1.54) is 0 Å². The third kappa shape index (κ3) is 7.45. The van der Waals surface area contributed by atoms with Crippen LogP contribution in [0.4, 0.5) is 4.79 Å². The van der Waals surface area contributed by atoms with Gasteiger partial charge in [0, 0.05) is 13.6 Å². The standard InChI is InChI=1S/C17H29N3O3/c1-13-6-8-14(9-7-13)16(22)15(12-21)19-10-4-3-5-11-20-17(23)18-2/h6-9,15-16,19,21-22H,3-5,10-12H2,1-2H3,(H2,18,20,23)/t15-,16-/m1/s1. The van der Waals surface area contributed by atoms with Gasteiger partial charge < -0.3 is 26.2 Å². The number of aliphatic hydroxyl groups excluding tert-OH is 2. The monoisotopic (exact) mass is 323 g/mol. The van der Waals surface area contributed by atoms with Crippen molar-refractivity contribution in [3.63, 3.8) is 0 Å². The Hall–Kier alpha value is -1.63. The first-order chi connectivity index (χ1) is 11.1. The van der Waals surface area contributed by atoms with Gasteiger partial charge >= 0.3 is 6.03 Å². The number of hydrogen-bond acceptors (Lipinski definition) is 4. The minimum absolute atomic E-state index is 0.118. The number of aliphatic hydroxyl groups is 2. The summed E-state index contributed by atoms with van der Waals surface area (Å²) in [5, 5.41) is 28.2. The summed E-state index contributed by atoms with van der Waals surface area (Å²) in [6.07, 6.45) is 2.07. The molecule has 0 saturated heterocycles. The van der Waals surface area contributed by atoms with Crippen LogP contribution in [0.3, 0.4) is 0 Å². The average Bonchev–Trinajstić information content (AvgIpc) is 2.57. The Bertz CT molecular complexity index is 451. The highest BCUT2D eigenvalue weighted by molar-refractivity contribution is 5.73. The number of unbranched alkanes of at least 4 members (excludes halogenated alkanes) is 2. The summed E-state index contributed by atoms with van der Waals surface area (Å²) in [6, 6.07) is 7.13. The van der Waals surface area contributed by atoms with Gasteiger partial charge in [0.05, 0.1) is 18.8 Å². The highest BCUT2D eigenvalue weighted by Gasteiger charge is 2.19. The van der Waals surface area contributed by atoms with Crippen molar-refractivity contribution >= 4 is 6.03 Å². The lowest BCUT2D eigenvalue weighted by Gasteiger charge is -2.23. The van der Waals surface area contributed by atoms with E-state index in [2.05, 4.69) is 16.0 Å². The molecule has 1 aromatic carbocycles. The van der Waals surface area contributed by atoms with E-state index in [0.29, 0.717) is 13.1 Å². The SMILES string of the molecule is CNC(=O)NCCCCCN[C@H](CO)[C@H](O)c1ccc(C)cc1. The zero-order chi connectivity index (χ0) is 17.1. The lowest BCUT2D eigenvalue weighted by Crippen LogP contribution is -2.38. The number of hydrogen-bond donors (Lipinski definition) is 5. The lowest BCUT2D eigenvalue weighted by molar-refractivity contribution is 0.0899. The molecule has 0 fully saturated rings. The molecule has 6 nitrogen and oxygen atoms in total. The molecule has 0 aromatic heterocycles. The van der Waals surface area contributed by atoms with E-state index in [0.717, 1.165) is 30.4 Å². The number of amides is 2. The smallest absolute Gasteiger partial charge is 0.314 e. The van der Waals surface area contributed by atoms with Crippen LogP contribution in [0.2, 0.25) is 0 Å². The molecule has 0 spiro atoms. The maximum atomic E-state index is 11.0.